The van der Waals surface area contributed by atoms with Crippen molar-refractivity contribution < 1.29 is 0 Å². The number of imidazole rings is 1. The lowest BCUT2D eigenvalue weighted by Crippen LogP contribution is -2.03. The van der Waals surface area contributed by atoms with Crippen LogP contribution in [-0.4, -0.2) is 9.97 Å². The van der Waals surface area contributed by atoms with Gasteiger partial charge in [0.2, 0.25) is 0 Å². The highest BCUT2D eigenvalue weighted by molar-refractivity contribution is 5.74. The summed E-state index contributed by atoms with van der Waals surface area (Å²) in [6.45, 7) is 2.17. The summed E-state index contributed by atoms with van der Waals surface area (Å²) in [5, 5.41) is 0. The van der Waals surface area contributed by atoms with Gasteiger partial charge in [-0.2, -0.15) is 0 Å². The number of nitrogens with zero attached hydrogens (tertiary/aromatic N) is 1. The van der Waals surface area contributed by atoms with Crippen LogP contribution < -0.4 is 5.73 Å². The van der Waals surface area contributed by atoms with E-state index in [4.69, 9.17) is 5.73 Å². The number of para-hydroxylation sites is 3. The van der Waals surface area contributed by atoms with E-state index >= 15 is 0 Å². The Kier molecular flexibility index (Phi) is 2.95. The van der Waals surface area contributed by atoms with Crippen LogP contribution in [0.15, 0.2) is 48.5 Å². The van der Waals surface area contributed by atoms with Crippen LogP contribution in [-0.2, 0) is 6.42 Å². The lowest BCUT2D eigenvalue weighted by atomic mass is 9.99. The highest BCUT2D eigenvalue weighted by Crippen LogP contribution is 2.23. The lowest BCUT2D eigenvalue weighted by molar-refractivity contribution is 0.714. The van der Waals surface area contributed by atoms with Crippen molar-refractivity contribution in [3.63, 3.8) is 0 Å². The maximum absolute atomic E-state index is 5.99. The molecule has 0 saturated carbocycles. The molecule has 0 saturated heterocycles. The van der Waals surface area contributed by atoms with E-state index in [1.54, 1.807) is 0 Å². The summed E-state index contributed by atoms with van der Waals surface area (Å²) in [6.07, 6.45) is 0.895. The molecule has 3 nitrogen and oxygen atoms in total. The van der Waals surface area contributed by atoms with Crippen LogP contribution in [0.5, 0.6) is 0 Å². The highest BCUT2D eigenvalue weighted by Gasteiger charge is 2.12. The Morgan fingerprint density at radius 1 is 1.11 bits per heavy atom. The van der Waals surface area contributed by atoms with Crippen LogP contribution in [0.3, 0.4) is 0 Å². The van der Waals surface area contributed by atoms with E-state index in [0.29, 0.717) is 5.92 Å². The Morgan fingerprint density at radius 2 is 1.84 bits per heavy atom. The maximum atomic E-state index is 5.99. The normalized spacial score (nSPS) is 12.7. The number of aromatic nitrogens is 2. The Hall–Kier alpha value is -2.29. The number of aromatic amines is 1. The summed E-state index contributed by atoms with van der Waals surface area (Å²) in [5.74, 6) is 1.33. The van der Waals surface area contributed by atoms with Crippen LogP contribution in [0.1, 0.15) is 24.2 Å². The molecule has 19 heavy (non-hydrogen) atoms. The molecule has 96 valence electrons. The van der Waals surface area contributed by atoms with Gasteiger partial charge in [-0.05, 0) is 30.2 Å². The first-order valence-electron chi connectivity index (χ1n) is 6.52. The molecule has 3 aromatic rings. The molecule has 0 aliphatic heterocycles. The van der Waals surface area contributed by atoms with Crippen molar-refractivity contribution in [2.24, 2.45) is 0 Å². The van der Waals surface area contributed by atoms with E-state index in [2.05, 4.69) is 29.0 Å². The lowest BCUT2D eigenvalue weighted by Gasteiger charge is -2.10. The van der Waals surface area contributed by atoms with E-state index in [0.717, 1.165) is 29.0 Å². The second kappa shape index (κ2) is 4.76. The zero-order chi connectivity index (χ0) is 13.2. The molecule has 0 unspecified atom stereocenters. The van der Waals surface area contributed by atoms with Crippen LogP contribution in [0.25, 0.3) is 11.0 Å². The molecule has 1 atom stereocenters. The number of benzene rings is 2. The quantitative estimate of drug-likeness (QED) is 0.700. The van der Waals surface area contributed by atoms with Gasteiger partial charge in [-0.25, -0.2) is 4.98 Å². The summed E-state index contributed by atoms with van der Waals surface area (Å²) in [7, 11) is 0. The van der Waals surface area contributed by atoms with Crippen molar-refractivity contribution in [2.75, 3.05) is 5.73 Å². The fourth-order valence-corrected chi connectivity index (χ4v) is 2.35. The van der Waals surface area contributed by atoms with Gasteiger partial charge in [-0.15, -0.1) is 0 Å². The van der Waals surface area contributed by atoms with E-state index in [1.807, 2.05) is 36.4 Å². The SMILES string of the molecule is C[C@@H](Cc1ccccc1N)c1nc2ccccc2[nH]1. The number of rotatable bonds is 3. The molecule has 0 aliphatic rings. The topological polar surface area (TPSA) is 54.7 Å². The Labute approximate surface area is 112 Å². The molecule has 0 aliphatic carbocycles. The summed E-state index contributed by atoms with van der Waals surface area (Å²) in [6, 6.07) is 16.1. The molecular weight excluding hydrogens is 234 g/mol. The molecule has 1 aromatic heterocycles. The fourth-order valence-electron chi connectivity index (χ4n) is 2.35. The zero-order valence-corrected chi connectivity index (χ0v) is 10.9. The summed E-state index contributed by atoms with van der Waals surface area (Å²) in [5.41, 5.74) is 10.1. The van der Waals surface area contributed by atoms with Crippen molar-refractivity contribution in [3.8, 4) is 0 Å². The van der Waals surface area contributed by atoms with Crippen molar-refractivity contribution in [1.82, 2.24) is 9.97 Å². The van der Waals surface area contributed by atoms with Crippen LogP contribution in [0.2, 0.25) is 0 Å². The van der Waals surface area contributed by atoms with Crippen molar-refractivity contribution >= 4 is 16.7 Å². The highest BCUT2D eigenvalue weighted by atomic mass is 14.9. The minimum atomic E-state index is 0.317. The smallest absolute Gasteiger partial charge is 0.110 e. The molecule has 1 heterocycles. The van der Waals surface area contributed by atoms with E-state index < -0.39 is 0 Å². The number of hydrogen-bond acceptors (Lipinski definition) is 2. The molecule has 2 aromatic carbocycles. The van der Waals surface area contributed by atoms with Gasteiger partial charge in [-0.1, -0.05) is 37.3 Å². The van der Waals surface area contributed by atoms with Gasteiger partial charge in [0.05, 0.1) is 11.0 Å². The fraction of sp³-hybridized carbons (Fsp3) is 0.188. The van der Waals surface area contributed by atoms with Crippen LogP contribution in [0, 0.1) is 0 Å². The number of H-pyrrole nitrogens is 1. The van der Waals surface area contributed by atoms with E-state index in [9.17, 15) is 0 Å². The molecule has 0 spiro atoms. The van der Waals surface area contributed by atoms with Crippen molar-refractivity contribution in [1.29, 1.82) is 0 Å². The minimum Gasteiger partial charge on any atom is -0.399 e. The number of nitrogens with two attached hydrogens (primary N) is 1. The van der Waals surface area contributed by atoms with Gasteiger partial charge in [0.15, 0.2) is 0 Å². The molecule has 3 rings (SSSR count). The Morgan fingerprint density at radius 3 is 2.63 bits per heavy atom. The van der Waals surface area contributed by atoms with Gasteiger partial charge in [0.25, 0.3) is 0 Å². The van der Waals surface area contributed by atoms with Gasteiger partial charge in [0, 0.05) is 11.6 Å². The molecular formula is C16H17N3. The van der Waals surface area contributed by atoms with Gasteiger partial charge in [-0.3, -0.25) is 0 Å². The van der Waals surface area contributed by atoms with E-state index in [1.165, 1.54) is 5.56 Å². The second-order valence-electron chi connectivity index (χ2n) is 4.94. The van der Waals surface area contributed by atoms with Gasteiger partial charge in [0.1, 0.15) is 5.82 Å². The molecule has 3 heteroatoms. The number of nitrogens with one attached hydrogen (secondary N) is 1. The average Bonchev–Trinajstić information content (AvgIpc) is 2.85. The van der Waals surface area contributed by atoms with Crippen LogP contribution >= 0.6 is 0 Å². The average molecular weight is 251 g/mol. The third kappa shape index (κ3) is 2.32. The largest absolute Gasteiger partial charge is 0.399 e. The first kappa shape index (κ1) is 11.8. The second-order valence-corrected chi connectivity index (χ2v) is 4.94. The monoisotopic (exact) mass is 251 g/mol. The third-order valence-corrected chi connectivity index (χ3v) is 3.46. The first-order chi connectivity index (χ1) is 9.24. The number of fused-ring (bicyclic) bond motifs is 1. The van der Waals surface area contributed by atoms with Gasteiger partial charge < -0.3 is 10.7 Å². The molecule has 0 fully saturated rings. The third-order valence-electron chi connectivity index (χ3n) is 3.46. The molecule has 0 bridgehead atoms. The van der Waals surface area contributed by atoms with Crippen LogP contribution in [0.4, 0.5) is 5.69 Å². The van der Waals surface area contributed by atoms with Crippen molar-refractivity contribution in [3.05, 3.63) is 59.9 Å². The van der Waals surface area contributed by atoms with Crippen molar-refractivity contribution in [2.45, 2.75) is 19.3 Å². The maximum Gasteiger partial charge on any atom is 0.110 e. The molecule has 0 radical (unpaired) electrons. The predicted molar refractivity (Wildman–Crippen MR) is 79.1 cm³/mol. The Bertz CT molecular complexity index is 667. The van der Waals surface area contributed by atoms with E-state index in [-0.39, 0.29) is 0 Å². The number of anilines is 1. The zero-order valence-electron chi connectivity index (χ0n) is 10.9. The molecule has 3 N–H and O–H groups in total. The first-order valence-corrected chi connectivity index (χ1v) is 6.52. The number of hydrogen-bond donors (Lipinski definition) is 2. The predicted octanol–water partition coefficient (Wildman–Crippen LogP) is 3.49. The summed E-state index contributed by atoms with van der Waals surface area (Å²) < 4.78 is 0. The summed E-state index contributed by atoms with van der Waals surface area (Å²) >= 11 is 0. The minimum absolute atomic E-state index is 0.317. The Balaban J connectivity index is 1.87. The number of nitrogen functional groups attached to an aromatic ring is 1. The molecule has 0 amide bonds. The van der Waals surface area contributed by atoms with Gasteiger partial charge >= 0.3 is 0 Å². The standard InChI is InChI=1S/C16H17N3/c1-11(10-12-6-2-3-7-13(12)17)16-18-14-8-4-5-9-15(14)19-16/h2-9,11H,10,17H2,1H3,(H,18,19)/t11-/m0/s1. The summed E-state index contributed by atoms with van der Waals surface area (Å²) in [4.78, 5) is 8.03.